The SMILES string of the molecule is Cc1cc(C)nc(-n2cc(-c3cccc(N)c3)cn2)n1. The first-order valence-electron chi connectivity index (χ1n) is 6.35. The number of nitrogen functional groups attached to an aromatic ring is 1. The molecule has 5 heteroatoms. The van der Waals surface area contributed by atoms with Crippen LogP contribution in [-0.4, -0.2) is 19.7 Å². The minimum absolute atomic E-state index is 0.581. The number of hydrogen-bond acceptors (Lipinski definition) is 4. The average Bonchev–Trinajstić information content (AvgIpc) is 2.87. The molecule has 0 bridgehead atoms. The Morgan fingerprint density at radius 1 is 1.00 bits per heavy atom. The van der Waals surface area contributed by atoms with E-state index in [1.54, 1.807) is 10.9 Å². The first kappa shape index (κ1) is 12.3. The lowest BCUT2D eigenvalue weighted by Gasteiger charge is -2.02. The fourth-order valence-corrected chi connectivity index (χ4v) is 2.11. The number of aryl methyl sites for hydroxylation is 2. The van der Waals surface area contributed by atoms with Crippen molar-refractivity contribution in [3.63, 3.8) is 0 Å². The van der Waals surface area contributed by atoms with E-state index in [1.807, 2.05) is 50.4 Å². The molecule has 3 aromatic rings. The summed E-state index contributed by atoms with van der Waals surface area (Å²) in [5, 5.41) is 4.33. The van der Waals surface area contributed by atoms with E-state index in [2.05, 4.69) is 15.1 Å². The zero-order valence-electron chi connectivity index (χ0n) is 11.4. The Morgan fingerprint density at radius 2 is 1.75 bits per heavy atom. The summed E-state index contributed by atoms with van der Waals surface area (Å²) < 4.78 is 1.68. The Balaban J connectivity index is 2.02. The lowest BCUT2D eigenvalue weighted by atomic mass is 10.1. The predicted molar refractivity (Wildman–Crippen MR) is 78.5 cm³/mol. The highest BCUT2D eigenvalue weighted by atomic mass is 15.3. The highest BCUT2D eigenvalue weighted by Crippen LogP contribution is 2.21. The van der Waals surface area contributed by atoms with Crippen LogP contribution in [0.25, 0.3) is 17.1 Å². The largest absolute Gasteiger partial charge is 0.399 e. The molecule has 0 aliphatic carbocycles. The molecule has 100 valence electrons. The van der Waals surface area contributed by atoms with E-state index in [0.29, 0.717) is 5.95 Å². The first-order chi connectivity index (χ1) is 9.61. The molecule has 2 N–H and O–H groups in total. The van der Waals surface area contributed by atoms with Crippen molar-refractivity contribution < 1.29 is 0 Å². The smallest absolute Gasteiger partial charge is 0.250 e. The maximum absolute atomic E-state index is 5.80. The van der Waals surface area contributed by atoms with Crippen LogP contribution in [0.15, 0.2) is 42.7 Å². The van der Waals surface area contributed by atoms with Gasteiger partial charge in [0.1, 0.15) is 0 Å². The Hall–Kier alpha value is -2.69. The van der Waals surface area contributed by atoms with Crippen LogP contribution in [0.2, 0.25) is 0 Å². The summed E-state index contributed by atoms with van der Waals surface area (Å²) >= 11 is 0. The van der Waals surface area contributed by atoms with E-state index in [-0.39, 0.29) is 0 Å². The zero-order valence-corrected chi connectivity index (χ0v) is 11.4. The molecule has 3 rings (SSSR count). The van der Waals surface area contributed by atoms with E-state index >= 15 is 0 Å². The molecule has 2 aromatic heterocycles. The maximum Gasteiger partial charge on any atom is 0.250 e. The maximum atomic E-state index is 5.80. The van der Waals surface area contributed by atoms with Crippen LogP contribution in [0.3, 0.4) is 0 Å². The summed E-state index contributed by atoms with van der Waals surface area (Å²) in [4.78, 5) is 8.79. The second-order valence-corrected chi connectivity index (χ2v) is 4.75. The highest BCUT2D eigenvalue weighted by Gasteiger charge is 2.06. The molecule has 0 saturated carbocycles. The van der Waals surface area contributed by atoms with E-state index in [1.165, 1.54) is 0 Å². The van der Waals surface area contributed by atoms with Crippen molar-refractivity contribution >= 4 is 5.69 Å². The second-order valence-electron chi connectivity index (χ2n) is 4.75. The van der Waals surface area contributed by atoms with Crippen molar-refractivity contribution in [1.29, 1.82) is 0 Å². The van der Waals surface area contributed by atoms with Gasteiger partial charge >= 0.3 is 0 Å². The molecular formula is C15H15N5. The average molecular weight is 265 g/mol. The summed E-state index contributed by atoms with van der Waals surface area (Å²) in [6.07, 6.45) is 3.69. The molecule has 0 amide bonds. The number of rotatable bonds is 2. The molecule has 2 heterocycles. The van der Waals surface area contributed by atoms with Crippen LogP contribution < -0.4 is 5.73 Å². The van der Waals surface area contributed by atoms with Gasteiger partial charge in [0.2, 0.25) is 0 Å². The molecule has 0 spiro atoms. The lowest BCUT2D eigenvalue weighted by molar-refractivity contribution is 0.794. The molecule has 0 fully saturated rings. The van der Waals surface area contributed by atoms with Gasteiger partial charge in [-0.1, -0.05) is 12.1 Å². The van der Waals surface area contributed by atoms with Crippen molar-refractivity contribution in [1.82, 2.24) is 19.7 Å². The van der Waals surface area contributed by atoms with Gasteiger partial charge in [-0.15, -0.1) is 0 Å². The van der Waals surface area contributed by atoms with Gasteiger partial charge in [-0.3, -0.25) is 0 Å². The molecule has 0 aliphatic rings. The van der Waals surface area contributed by atoms with Gasteiger partial charge < -0.3 is 5.73 Å². The third-order valence-corrected chi connectivity index (χ3v) is 2.98. The number of nitrogens with two attached hydrogens (primary N) is 1. The molecule has 0 unspecified atom stereocenters. The Bertz CT molecular complexity index is 740. The van der Waals surface area contributed by atoms with Gasteiger partial charge in [-0.25, -0.2) is 14.6 Å². The molecule has 0 saturated heterocycles. The summed E-state index contributed by atoms with van der Waals surface area (Å²) in [6, 6.07) is 9.64. The summed E-state index contributed by atoms with van der Waals surface area (Å²) in [5.74, 6) is 0.581. The first-order valence-corrected chi connectivity index (χ1v) is 6.35. The quantitative estimate of drug-likeness (QED) is 0.723. The summed E-state index contributed by atoms with van der Waals surface area (Å²) in [7, 11) is 0. The van der Waals surface area contributed by atoms with Crippen molar-refractivity contribution in [2.45, 2.75) is 13.8 Å². The zero-order chi connectivity index (χ0) is 14.1. The molecular weight excluding hydrogens is 250 g/mol. The summed E-state index contributed by atoms with van der Waals surface area (Å²) in [6.45, 7) is 3.89. The van der Waals surface area contributed by atoms with Crippen LogP contribution in [0.1, 0.15) is 11.4 Å². The van der Waals surface area contributed by atoms with Crippen LogP contribution in [0.5, 0.6) is 0 Å². The fourth-order valence-electron chi connectivity index (χ4n) is 2.11. The van der Waals surface area contributed by atoms with Crippen LogP contribution in [0, 0.1) is 13.8 Å². The van der Waals surface area contributed by atoms with E-state index in [4.69, 9.17) is 5.73 Å². The van der Waals surface area contributed by atoms with E-state index < -0.39 is 0 Å². The minimum atomic E-state index is 0.581. The van der Waals surface area contributed by atoms with Gasteiger partial charge in [-0.2, -0.15) is 5.10 Å². The normalized spacial score (nSPS) is 10.7. The molecule has 0 aliphatic heterocycles. The fraction of sp³-hybridized carbons (Fsp3) is 0.133. The van der Waals surface area contributed by atoms with Crippen molar-refractivity contribution in [2.24, 2.45) is 0 Å². The van der Waals surface area contributed by atoms with Crippen LogP contribution in [-0.2, 0) is 0 Å². The van der Waals surface area contributed by atoms with Crippen LogP contribution >= 0.6 is 0 Å². The third kappa shape index (κ3) is 2.38. The molecule has 20 heavy (non-hydrogen) atoms. The van der Waals surface area contributed by atoms with Gasteiger partial charge in [0, 0.05) is 28.8 Å². The van der Waals surface area contributed by atoms with Gasteiger partial charge in [0.05, 0.1) is 6.20 Å². The third-order valence-electron chi connectivity index (χ3n) is 2.98. The number of aromatic nitrogens is 4. The number of benzene rings is 1. The lowest BCUT2D eigenvalue weighted by Crippen LogP contribution is -2.03. The Morgan fingerprint density at radius 3 is 2.45 bits per heavy atom. The molecule has 0 radical (unpaired) electrons. The van der Waals surface area contributed by atoms with Gasteiger partial charge in [-0.05, 0) is 37.6 Å². The summed E-state index contributed by atoms with van der Waals surface area (Å²) in [5.41, 5.74) is 10.4. The Kier molecular flexibility index (Phi) is 2.95. The Labute approximate surface area is 117 Å². The van der Waals surface area contributed by atoms with Crippen molar-refractivity contribution in [3.8, 4) is 17.1 Å². The van der Waals surface area contributed by atoms with Gasteiger partial charge in [0.25, 0.3) is 5.95 Å². The highest BCUT2D eigenvalue weighted by molar-refractivity contribution is 5.66. The second kappa shape index (κ2) is 4.77. The topological polar surface area (TPSA) is 69.6 Å². The standard InChI is InChI=1S/C15H15N5/c1-10-6-11(2)19-15(18-10)20-9-13(8-17-20)12-4-3-5-14(16)7-12/h3-9H,16H2,1-2H3. The van der Waals surface area contributed by atoms with E-state index in [9.17, 15) is 0 Å². The van der Waals surface area contributed by atoms with Gasteiger partial charge in [0.15, 0.2) is 0 Å². The minimum Gasteiger partial charge on any atom is -0.399 e. The van der Waals surface area contributed by atoms with Crippen LogP contribution in [0.4, 0.5) is 5.69 Å². The molecule has 5 nitrogen and oxygen atoms in total. The van der Waals surface area contributed by atoms with Crippen molar-refractivity contribution in [2.75, 3.05) is 5.73 Å². The molecule has 0 atom stereocenters. The number of hydrogen-bond donors (Lipinski definition) is 1. The monoisotopic (exact) mass is 265 g/mol. The predicted octanol–water partition coefficient (Wildman–Crippen LogP) is 2.53. The number of nitrogens with zero attached hydrogens (tertiary/aromatic N) is 4. The molecule has 1 aromatic carbocycles. The van der Waals surface area contributed by atoms with Crippen molar-refractivity contribution in [3.05, 3.63) is 54.1 Å². The number of anilines is 1. The van der Waals surface area contributed by atoms with E-state index in [0.717, 1.165) is 28.2 Å².